The quantitative estimate of drug-likeness (QED) is 0.370. The van der Waals surface area contributed by atoms with Gasteiger partial charge in [0.1, 0.15) is 10.6 Å². The van der Waals surface area contributed by atoms with E-state index >= 15 is 0 Å². The lowest BCUT2D eigenvalue weighted by Gasteiger charge is -2.07. The first-order valence-corrected chi connectivity index (χ1v) is 10.3. The minimum Gasteiger partial charge on any atom is -0.379 e. The molecule has 1 aliphatic carbocycles. The predicted molar refractivity (Wildman–Crippen MR) is 109 cm³/mol. The molecule has 0 aliphatic heterocycles. The third kappa shape index (κ3) is 3.62. The molecule has 5 nitrogen and oxygen atoms in total. The molecule has 4 rings (SSSR count). The van der Waals surface area contributed by atoms with Crippen molar-refractivity contribution >= 4 is 27.8 Å². The molecule has 0 heterocycles. The minimum atomic E-state index is -3.94. The summed E-state index contributed by atoms with van der Waals surface area (Å²) in [5.74, 6) is -0.485. The van der Waals surface area contributed by atoms with E-state index in [9.17, 15) is 18.0 Å². The van der Waals surface area contributed by atoms with Gasteiger partial charge in [0.05, 0.1) is 5.57 Å². The molecular formula is C23H16O5S. The Labute approximate surface area is 168 Å². The Hall–Kier alpha value is -3.51. The van der Waals surface area contributed by atoms with Crippen LogP contribution in [0, 0.1) is 6.92 Å². The minimum absolute atomic E-state index is 0.0641. The highest BCUT2D eigenvalue weighted by molar-refractivity contribution is 7.87. The van der Waals surface area contributed by atoms with Crippen LogP contribution >= 0.6 is 0 Å². The van der Waals surface area contributed by atoms with Gasteiger partial charge in [-0.1, -0.05) is 54.1 Å². The number of fused-ring (bicyclic) bond motifs is 1. The van der Waals surface area contributed by atoms with Crippen LogP contribution in [0.2, 0.25) is 0 Å². The van der Waals surface area contributed by atoms with Crippen molar-refractivity contribution in [2.24, 2.45) is 0 Å². The van der Waals surface area contributed by atoms with Gasteiger partial charge in [-0.25, -0.2) is 0 Å². The fraction of sp³-hybridized carbons (Fsp3) is 0.0435. The lowest BCUT2D eigenvalue weighted by molar-refractivity contribution is 0.0990. The van der Waals surface area contributed by atoms with Crippen molar-refractivity contribution < 1.29 is 22.2 Å². The molecule has 3 aromatic carbocycles. The third-order valence-corrected chi connectivity index (χ3v) is 5.87. The standard InChI is InChI=1S/C23H16O5S/c1-15-6-12-18(13-7-15)29(26,27)28-17-10-8-16(9-11-17)14-21-22(24)19-4-2-3-5-20(19)23(21)25/h2-14H,1H3. The summed E-state index contributed by atoms with van der Waals surface area (Å²) in [5.41, 5.74) is 2.42. The van der Waals surface area contributed by atoms with Gasteiger partial charge in [-0.05, 0) is 42.8 Å². The molecule has 0 unspecified atom stereocenters. The smallest absolute Gasteiger partial charge is 0.339 e. The van der Waals surface area contributed by atoms with Crippen LogP contribution in [0.1, 0.15) is 31.8 Å². The molecule has 6 heteroatoms. The number of carbonyl (C=O) groups excluding carboxylic acids is 2. The van der Waals surface area contributed by atoms with Crippen molar-refractivity contribution in [3.05, 3.63) is 101 Å². The SMILES string of the molecule is Cc1ccc(S(=O)(=O)Oc2ccc(C=C3C(=O)c4ccccc4C3=O)cc2)cc1. The molecule has 0 amide bonds. The molecule has 29 heavy (non-hydrogen) atoms. The first-order valence-electron chi connectivity index (χ1n) is 8.86. The van der Waals surface area contributed by atoms with Gasteiger partial charge in [-0.3, -0.25) is 9.59 Å². The van der Waals surface area contributed by atoms with E-state index in [-0.39, 0.29) is 27.8 Å². The van der Waals surface area contributed by atoms with Crippen molar-refractivity contribution in [1.82, 2.24) is 0 Å². The summed E-state index contributed by atoms with van der Waals surface area (Å²) >= 11 is 0. The van der Waals surface area contributed by atoms with Crippen LogP contribution in [0.25, 0.3) is 6.08 Å². The van der Waals surface area contributed by atoms with Crippen LogP contribution in [0.3, 0.4) is 0 Å². The number of benzene rings is 3. The van der Waals surface area contributed by atoms with Crippen molar-refractivity contribution in [2.75, 3.05) is 0 Å². The van der Waals surface area contributed by atoms with Gasteiger partial charge in [0.2, 0.25) is 0 Å². The van der Waals surface area contributed by atoms with Gasteiger partial charge in [0, 0.05) is 11.1 Å². The summed E-state index contributed by atoms with van der Waals surface area (Å²) in [6.45, 7) is 1.86. The number of ketones is 2. The van der Waals surface area contributed by atoms with Crippen molar-refractivity contribution in [3.8, 4) is 5.75 Å². The second kappa shape index (κ2) is 7.14. The lowest BCUT2D eigenvalue weighted by atomic mass is 10.1. The second-order valence-corrected chi connectivity index (χ2v) is 8.23. The Balaban J connectivity index is 1.56. The van der Waals surface area contributed by atoms with Crippen molar-refractivity contribution in [3.63, 3.8) is 0 Å². The van der Waals surface area contributed by atoms with E-state index in [0.717, 1.165) is 5.56 Å². The maximum atomic E-state index is 12.5. The summed E-state index contributed by atoms with van der Waals surface area (Å²) in [6.07, 6.45) is 1.50. The molecule has 144 valence electrons. The summed E-state index contributed by atoms with van der Waals surface area (Å²) < 4.78 is 29.9. The number of allylic oxidation sites excluding steroid dienone is 1. The number of carbonyl (C=O) groups is 2. The van der Waals surface area contributed by atoms with E-state index in [2.05, 4.69) is 0 Å². The highest BCUT2D eigenvalue weighted by Crippen LogP contribution is 2.28. The Kier molecular flexibility index (Phi) is 4.64. The normalized spacial score (nSPS) is 13.3. The summed E-state index contributed by atoms with van der Waals surface area (Å²) in [6, 6.07) is 19.2. The van der Waals surface area contributed by atoms with Gasteiger partial charge >= 0.3 is 10.1 Å². The zero-order valence-electron chi connectivity index (χ0n) is 15.5. The first-order chi connectivity index (χ1) is 13.8. The van der Waals surface area contributed by atoms with Crippen molar-refractivity contribution in [2.45, 2.75) is 11.8 Å². The highest BCUT2D eigenvalue weighted by atomic mass is 32.2. The summed E-state index contributed by atoms with van der Waals surface area (Å²) in [5, 5.41) is 0. The largest absolute Gasteiger partial charge is 0.379 e. The number of aryl methyl sites for hydroxylation is 1. The maximum Gasteiger partial charge on any atom is 0.339 e. The molecule has 0 atom stereocenters. The maximum absolute atomic E-state index is 12.5. The Bertz CT molecular complexity index is 1210. The molecule has 0 aromatic heterocycles. The van der Waals surface area contributed by atoms with Crippen LogP contribution in [-0.2, 0) is 10.1 Å². The first kappa shape index (κ1) is 18.8. The Morgan fingerprint density at radius 2 is 1.31 bits per heavy atom. The van der Waals surface area contributed by atoms with Crippen LogP contribution < -0.4 is 4.18 Å². The number of hydrogen-bond donors (Lipinski definition) is 0. The average molecular weight is 404 g/mol. The Morgan fingerprint density at radius 3 is 1.86 bits per heavy atom. The third-order valence-electron chi connectivity index (χ3n) is 4.61. The van der Waals surface area contributed by atoms with E-state index in [1.165, 1.54) is 30.3 Å². The van der Waals surface area contributed by atoms with Gasteiger partial charge in [-0.15, -0.1) is 0 Å². The number of Topliss-reactive ketones (excluding diaryl/α,β-unsaturated/α-hetero) is 2. The van der Waals surface area contributed by atoms with E-state index in [4.69, 9.17) is 4.18 Å². The van der Waals surface area contributed by atoms with E-state index in [1.54, 1.807) is 48.5 Å². The molecule has 0 N–H and O–H groups in total. The Morgan fingerprint density at radius 1 is 0.759 bits per heavy atom. The zero-order valence-corrected chi connectivity index (χ0v) is 16.3. The molecular weight excluding hydrogens is 388 g/mol. The lowest BCUT2D eigenvalue weighted by Crippen LogP contribution is -2.09. The van der Waals surface area contributed by atoms with Gasteiger partial charge in [0.15, 0.2) is 11.6 Å². The number of hydrogen-bond acceptors (Lipinski definition) is 5. The molecule has 3 aromatic rings. The highest BCUT2D eigenvalue weighted by Gasteiger charge is 2.32. The van der Waals surface area contributed by atoms with Gasteiger partial charge in [0.25, 0.3) is 0 Å². The molecule has 0 bridgehead atoms. The number of rotatable bonds is 4. The summed E-state index contributed by atoms with van der Waals surface area (Å²) in [4.78, 5) is 25.0. The van der Waals surface area contributed by atoms with E-state index in [0.29, 0.717) is 16.7 Å². The zero-order chi connectivity index (χ0) is 20.6. The average Bonchev–Trinajstić information content (AvgIpc) is 2.95. The molecule has 0 saturated heterocycles. The van der Waals surface area contributed by atoms with E-state index < -0.39 is 10.1 Å². The summed E-state index contributed by atoms with van der Waals surface area (Å²) in [7, 11) is -3.94. The van der Waals surface area contributed by atoms with Crippen LogP contribution in [0.4, 0.5) is 0 Å². The van der Waals surface area contributed by atoms with Crippen molar-refractivity contribution in [1.29, 1.82) is 0 Å². The fourth-order valence-corrected chi connectivity index (χ4v) is 4.00. The predicted octanol–water partition coefficient (Wildman–Crippen LogP) is 4.23. The van der Waals surface area contributed by atoms with Crippen LogP contribution in [0.15, 0.2) is 83.3 Å². The topological polar surface area (TPSA) is 77.5 Å². The molecule has 0 radical (unpaired) electrons. The van der Waals surface area contributed by atoms with Gasteiger partial charge < -0.3 is 4.18 Å². The molecule has 1 aliphatic rings. The molecule has 0 saturated carbocycles. The van der Waals surface area contributed by atoms with Gasteiger partial charge in [-0.2, -0.15) is 8.42 Å². The molecule has 0 fully saturated rings. The monoisotopic (exact) mass is 404 g/mol. The second-order valence-electron chi connectivity index (χ2n) is 6.68. The van der Waals surface area contributed by atoms with E-state index in [1.807, 2.05) is 6.92 Å². The fourth-order valence-electron chi connectivity index (χ4n) is 3.07. The molecule has 0 spiro atoms. The van der Waals surface area contributed by atoms with Crippen LogP contribution in [-0.4, -0.2) is 20.0 Å². The van der Waals surface area contributed by atoms with Crippen LogP contribution in [0.5, 0.6) is 5.75 Å².